The van der Waals surface area contributed by atoms with E-state index in [1.807, 2.05) is 29.2 Å². The summed E-state index contributed by atoms with van der Waals surface area (Å²) in [6.45, 7) is 0.965. The minimum Gasteiger partial charge on any atom is -0.468 e. The van der Waals surface area contributed by atoms with Crippen LogP contribution in [-0.2, 0) is 16.0 Å². The van der Waals surface area contributed by atoms with Crippen molar-refractivity contribution < 1.29 is 19.7 Å². The zero-order chi connectivity index (χ0) is 15.0. The van der Waals surface area contributed by atoms with Crippen LogP contribution in [0.2, 0.25) is 0 Å². The second kappa shape index (κ2) is 8.52. The fraction of sp³-hybridized carbons (Fsp3) is 0.500. The summed E-state index contributed by atoms with van der Waals surface area (Å²) in [4.78, 5) is 13.1. The van der Waals surface area contributed by atoms with Gasteiger partial charge in [-0.25, -0.2) is 0 Å². The van der Waals surface area contributed by atoms with Crippen molar-refractivity contribution in [3.8, 4) is 0 Å². The molecule has 0 aliphatic heterocycles. The Hall–Kier alpha value is -1.63. The second-order valence-electron chi connectivity index (χ2n) is 4.43. The lowest BCUT2D eigenvalue weighted by Gasteiger charge is -2.23. The predicted octanol–water partition coefficient (Wildman–Crippen LogP) is -0.480. The van der Waals surface area contributed by atoms with Crippen LogP contribution in [0.15, 0.2) is 24.3 Å². The molecule has 0 saturated carbocycles. The molecule has 1 aromatic rings. The number of methoxy groups -OCH3 is 1. The van der Waals surface area contributed by atoms with E-state index in [0.717, 1.165) is 11.3 Å². The van der Waals surface area contributed by atoms with E-state index in [-0.39, 0.29) is 13.2 Å². The van der Waals surface area contributed by atoms with E-state index >= 15 is 0 Å². The van der Waals surface area contributed by atoms with Gasteiger partial charge in [-0.2, -0.15) is 0 Å². The molecule has 0 heterocycles. The van der Waals surface area contributed by atoms with Crippen LogP contribution in [-0.4, -0.2) is 55.6 Å². The van der Waals surface area contributed by atoms with Gasteiger partial charge in [-0.3, -0.25) is 4.79 Å². The minimum absolute atomic E-state index is 0.0228. The van der Waals surface area contributed by atoms with Gasteiger partial charge in [-0.05, 0) is 24.1 Å². The molecular formula is C14H22N2O4. The first-order valence-corrected chi connectivity index (χ1v) is 6.51. The van der Waals surface area contributed by atoms with E-state index in [0.29, 0.717) is 19.5 Å². The summed E-state index contributed by atoms with van der Waals surface area (Å²) in [6.07, 6.45) is 0.410. The SMILES string of the molecule is COC(=O)[C@@H](N)Cc1ccc(N(CCO)CCO)cc1. The molecule has 0 unspecified atom stereocenters. The molecule has 6 nitrogen and oxygen atoms in total. The van der Waals surface area contributed by atoms with Crippen molar-refractivity contribution in [2.75, 3.05) is 38.3 Å². The number of nitrogens with zero attached hydrogens (tertiary/aromatic N) is 1. The van der Waals surface area contributed by atoms with Crippen molar-refractivity contribution >= 4 is 11.7 Å². The lowest BCUT2D eigenvalue weighted by molar-refractivity contribution is -0.142. The van der Waals surface area contributed by atoms with Crippen LogP contribution in [0.4, 0.5) is 5.69 Å². The number of ether oxygens (including phenoxy) is 1. The van der Waals surface area contributed by atoms with Crippen LogP contribution in [0.1, 0.15) is 5.56 Å². The molecule has 0 bridgehead atoms. The number of aliphatic hydroxyl groups is 2. The lowest BCUT2D eigenvalue weighted by Crippen LogP contribution is -2.33. The molecule has 20 heavy (non-hydrogen) atoms. The molecule has 112 valence electrons. The number of benzene rings is 1. The summed E-state index contributed by atoms with van der Waals surface area (Å²) < 4.78 is 4.58. The zero-order valence-corrected chi connectivity index (χ0v) is 11.7. The lowest BCUT2D eigenvalue weighted by atomic mass is 10.1. The number of nitrogens with two attached hydrogens (primary N) is 1. The number of hydrogen-bond donors (Lipinski definition) is 3. The Kier molecular flexibility index (Phi) is 7.00. The molecule has 1 aromatic carbocycles. The van der Waals surface area contributed by atoms with E-state index in [4.69, 9.17) is 15.9 Å². The summed E-state index contributed by atoms with van der Waals surface area (Å²) in [7, 11) is 1.31. The maximum Gasteiger partial charge on any atom is 0.322 e. The average molecular weight is 282 g/mol. The Bertz CT molecular complexity index is 402. The third-order valence-electron chi connectivity index (χ3n) is 3.00. The molecule has 0 radical (unpaired) electrons. The Morgan fingerprint density at radius 3 is 2.25 bits per heavy atom. The molecule has 0 aliphatic carbocycles. The molecule has 0 amide bonds. The number of carbonyl (C=O) groups excluding carboxylic acids is 1. The summed E-state index contributed by atoms with van der Waals surface area (Å²) in [6, 6.07) is 6.84. The van der Waals surface area contributed by atoms with E-state index in [9.17, 15) is 4.79 Å². The number of esters is 1. The number of anilines is 1. The highest BCUT2D eigenvalue weighted by atomic mass is 16.5. The Labute approximate surface area is 118 Å². The molecule has 0 aromatic heterocycles. The second-order valence-corrected chi connectivity index (χ2v) is 4.43. The van der Waals surface area contributed by atoms with Crippen molar-refractivity contribution in [2.24, 2.45) is 5.73 Å². The van der Waals surface area contributed by atoms with Crippen LogP contribution in [0.25, 0.3) is 0 Å². The summed E-state index contributed by atoms with van der Waals surface area (Å²) >= 11 is 0. The van der Waals surface area contributed by atoms with Gasteiger partial charge in [0.25, 0.3) is 0 Å². The van der Waals surface area contributed by atoms with Crippen molar-refractivity contribution in [3.63, 3.8) is 0 Å². The first-order valence-electron chi connectivity index (χ1n) is 6.51. The van der Waals surface area contributed by atoms with Gasteiger partial charge in [0, 0.05) is 18.8 Å². The summed E-state index contributed by atoms with van der Waals surface area (Å²) in [5, 5.41) is 18.0. The normalized spacial score (nSPS) is 12.0. The van der Waals surface area contributed by atoms with Crippen LogP contribution >= 0.6 is 0 Å². The predicted molar refractivity (Wildman–Crippen MR) is 76.5 cm³/mol. The third kappa shape index (κ3) is 4.80. The van der Waals surface area contributed by atoms with E-state index in [1.165, 1.54) is 7.11 Å². The zero-order valence-electron chi connectivity index (χ0n) is 11.7. The standard InChI is InChI=1S/C14H22N2O4/c1-20-14(19)13(15)10-11-2-4-12(5-3-11)16(6-8-17)7-9-18/h2-5,13,17-18H,6-10,15H2,1H3/t13-/m0/s1. The van der Waals surface area contributed by atoms with Gasteiger partial charge >= 0.3 is 5.97 Å². The van der Waals surface area contributed by atoms with Crippen molar-refractivity contribution in [3.05, 3.63) is 29.8 Å². The van der Waals surface area contributed by atoms with Crippen molar-refractivity contribution in [2.45, 2.75) is 12.5 Å². The number of rotatable bonds is 8. The summed E-state index contributed by atoms with van der Waals surface area (Å²) in [5.74, 6) is -0.434. The molecule has 0 saturated heterocycles. The van der Waals surface area contributed by atoms with E-state index < -0.39 is 12.0 Å². The van der Waals surface area contributed by atoms with E-state index in [2.05, 4.69) is 4.74 Å². The van der Waals surface area contributed by atoms with Crippen LogP contribution in [0, 0.1) is 0 Å². The van der Waals surface area contributed by atoms with Gasteiger partial charge in [-0.1, -0.05) is 12.1 Å². The Balaban J connectivity index is 2.69. The molecule has 1 atom stereocenters. The molecule has 0 fully saturated rings. The van der Waals surface area contributed by atoms with Crippen LogP contribution in [0.5, 0.6) is 0 Å². The van der Waals surface area contributed by atoms with Gasteiger partial charge in [0.1, 0.15) is 6.04 Å². The van der Waals surface area contributed by atoms with Crippen LogP contribution < -0.4 is 10.6 Å². The molecule has 6 heteroatoms. The fourth-order valence-corrected chi connectivity index (χ4v) is 1.94. The van der Waals surface area contributed by atoms with E-state index in [1.54, 1.807) is 0 Å². The maximum atomic E-state index is 11.3. The maximum absolute atomic E-state index is 11.3. The average Bonchev–Trinajstić information content (AvgIpc) is 2.47. The van der Waals surface area contributed by atoms with Gasteiger partial charge < -0.3 is 25.6 Å². The monoisotopic (exact) mass is 282 g/mol. The topological polar surface area (TPSA) is 96.0 Å². The molecule has 1 rings (SSSR count). The molecule has 0 spiro atoms. The smallest absolute Gasteiger partial charge is 0.322 e. The molecule has 0 aliphatic rings. The number of aliphatic hydroxyl groups excluding tert-OH is 2. The number of carbonyl (C=O) groups is 1. The first-order chi connectivity index (χ1) is 9.62. The first kappa shape index (κ1) is 16.4. The van der Waals surface area contributed by atoms with Gasteiger partial charge in [0.15, 0.2) is 0 Å². The molecule has 4 N–H and O–H groups in total. The van der Waals surface area contributed by atoms with Crippen LogP contribution in [0.3, 0.4) is 0 Å². The third-order valence-corrected chi connectivity index (χ3v) is 3.00. The van der Waals surface area contributed by atoms with Gasteiger partial charge in [0.2, 0.25) is 0 Å². The van der Waals surface area contributed by atoms with Crippen molar-refractivity contribution in [1.82, 2.24) is 0 Å². The quantitative estimate of drug-likeness (QED) is 0.557. The highest BCUT2D eigenvalue weighted by molar-refractivity contribution is 5.75. The highest BCUT2D eigenvalue weighted by Crippen LogP contribution is 2.15. The fourth-order valence-electron chi connectivity index (χ4n) is 1.94. The minimum atomic E-state index is -0.670. The van der Waals surface area contributed by atoms with Crippen molar-refractivity contribution in [1.29, 1.82) is 0 Å². The van der Waals surface area contributed by atoms with Gasteiger partial charge in [-0.15, -0.1) is 0 Å². The molecular weight excluding hydrogens is 260 g/mol. The largest absolute Gasteiger partial charge is 0.468 e. The number of hydrogen-bond acceptors (Lipinski definition) is 6. The Morgan fingerprint density at radius 1 is 1.25 bits per heavy atom. The van der Waals surface area contributed by atoms with Gasteiger partial charge in [0.05, 0.1) is 20.3 Å². The Morgan fingerprint density at radius 2 is 1.80 bits per heavy atom. The highest BCUT2D eigenvalue weighted by Gasteiger charge is 2.14. The summed E-state index contributed by atoms with van der Waals surface area (Å²) in [5.41, 5.74) is 7.54.